The Morgan fingerprint density at radius 3 is 2.68 bits per heavy atom. The van der Waals surface area contributed by atoms with E-state index in [0.717, 1.165) is 24.9 Å². The van der Waals surface area contributed by atoms with Crippen LogP contribution in [0.3, 0.4) is 0 Å². The molecule has 2 unspecified atom stereocenters. The van der Waals surface area contributed by atoms with Crippen LogP contribution >= 0.6 is 0 Å². The topological polar surface area (TPSA) is 58.6 Å². The van der Waals surface area contributed by atoms with Crippen LogP contribution in [0, 0.1) is 0 Å². The summed E-state index contributed by atoms with van der Waals surface area (Å²) in [5.41, 5.74) is 2.40. The van der Waals surface area contributed by atoms with Crippen LogP contribution in [0.25, 0.3) is 0 Å². The number of aryl methyl sites for hydroxylation is 1. The van der Waals surface area contributed by atoms with Crippen molar-refractivity contribution in [3.8, 4) is 0 Å². The molecule has 1 aliphatic rings. The third kappa shape index (κ3) is 3.96. The van der Waals surface area contributed by atoms with Crippen LogP contribution < -0.4 is 5.32 Å². The van der Waals surface area contributed by atoms with E-state index in [-0.39, 0.29) is 6.10 Å². The predicted octanol–water partition coefficient (Wildman–Crippen LogP) is 2.68. The highest BCUT2D eigenvalue weighted by molar-refractivity contribution is 5.72. The minimum Gasteiger partial charge on any atom is -0.479 e. The van der Waals surface area contributed by atoms with Crippen LogP contribution in [0.2, 0.25) is 0 Å². The molecule has 0 bridgehead atoms. The third-order valence-electron chi connectivity index (χ3n) is 3.41. The molecule has 1 aliphatic heterocycles. The van der Waals surface area contributed by atoms with E-state index < -0.39 is 12.1 Å². The molecule has 4 nitrogen and oxygen atoms in total. The smallest absolute Gasteiger partial charge is 0.332 e. The first-order valence-electron chi connectivity index (χ1n) is 6.90. The van der Waals surface area contributed by atoms with Gasteiger partial charge in [-0.25, -0.2) is 4.79 Å². The van der Waals surface area contributed by atoms with Crippen molar-refractivity contribution >= 4 is 11.7 Å². The predicted molar refractivity (Wildman–Crippen MR) is 74.5 cm³/mol. The summed E-state index contributed by atoms with van der Waals surface area (Å²) in [4.78, 5) is 10.8. The number of carboxylic acids is 1. The van der Waals surface area contributed by atoms with Crippen molar-refractivity contribution in [3.63, 3.8) is 0 Å². The van der Waals surface area contributed by atoms with Crippen LogP contribution in [0.1, 0.15) is 31.7 Å². The monoisotopic (exact) mass is 263 g/mol. The second kappa shape index (κ2) is 6.57. The zero-order valence-electron chi connectivity index (χ0n) is 11.3. The van der Waals surface area contributed by atoms with Crippen LogP contribution in [-0.4, -0.2) is 29.8 Å². The van der Waals surface area contributed by atoms with E-state index in [2.05, 4.69) is 36.5 Å². The first-order valence-corrected chi connectivity index (χ1v) is 6.90. The molecule has 0 spiro atoms. The maximum absolute atomic E-state index is 10.8. The van der Waals surface area contributed by atoms with Gasteiger partial charge in [0.25, 0.3) is 0 Å². The van der Waals surface area contributed by atoms with Gasteiger partial charge in [0.1, 0.15) is 0 Å². The molecule has 104 valence electrons. The quantitative estimate of drug-likeness (QED) is 0.828. The Morgan fingerprint density at radius 1 is 1.37 bits per heavy atom. The standard InChI is InChI=1S/C15H21NO3/c1-2-3-11-4-6-12(7-5-11)16-10-13-8-9-14(19-13)15(17)18/h4-7,13-14,16H,2-3,8-10H2,1H3,(H,17,18). The number of ether oxygens (including phenoxy) is 1. The Morgan fingerprint density at radius 2 is 2.11 bits per heavy atom. The first-order chi connectivity index (χ1) is 9.19. The number of carboxylic acid groups (broad SMARTS) is 1. The Bertz CT molecular complexity index is 416. The van der Waals surface area contributed by atoms with Gasteiger partial charge in [0.15, 0.2) is 6.10 Å². The number of rotatable bonds is 6. The number of aliphatic carboxylic acids is 1. The highest BCUT2D eigenvalue weighted by Crippen LogP contribution is 2.20. The number of anilines is 1. The lowest BCUT2D eigenvalue weighted by Gasteiger charge is -2.13. The van der Waals surface area contributed by atoms with Crippen molar-refractivity contribution in [1.29, 1.82) is 0 Å². The van der Waals surface area contributed by atoms with Gasteiger partial charge in [-0.1, -0.05) is 25.5 Å². The summed E-state index contributed by atoms with van der Waals surface area (Å²) in [5, 5.41) is 12.1. The summed E-state index contributed by atoms with van der Waals surface area (Å²) in [5.74, 6) is -0.855. The number of nitrogens with one attached hydrogen (secondary N) is 1. The largest absolute Gasteiger partial charge is 0.479 e. The van der Waals surface area contributed by atoms with E-state index in [4.69, 9.17) is 9.84 Å². The summed E-state index contributed by atoms with van der Waals surface area (Å²) in [6.07, 6.45) is 3.04. The summed E-state index contributed by atoms with van der Waals surface area (Å²) in [6.45, 7) is 2.83. The summed E-state index contributed by atoms with van der Waals surface area (Å²) >= 11 is 0. The van der Waals surface area contributed by atoms with E-state index in [1.54, 1.807) is 0 Å². The number of hydrogen-bond acceptors (Lipinski definition) is 3. The van der Waals surface area contributed by atoms with Crippen molar-refractivity contribution in [2.45, 2.75) is 44.8 Å². The van der Waals surface area contributed by atoms with E-state index in [1.165, 1.54) is 5.56 Å². The minimum atomic E-state index is -0.855. The summed E-state index contributed by atoms with van der Waals surface area (Å²) in [7, 11) is 0. The van der Waals surface area contributed by atoms with Gasteiger partial charge in [-0.15, -0.1) is 0 Å². The first kappa shape index (κ1) is 13.9. The van der Waals surface area contributed by atoms with E-state index in [1.807, 2.05) is 0 Å². The highest BCUT2D eigenvalue weighted by atomic mass is 16.5. The Hall–Kier alpha value is -1.55. The van der Waals surface area contributed by atoms with E-state index in [9.17, 15) is 4.79 Å². The van der Waals surface area contributed by atoms with Gasteiger partial charge in [-0.3, -0.25) is 0 Å². The lowest BCUT2D eigenvalue weighted by molar-refractivity contribution is -0.149. The zero-order valence-corrected chi connectivity index (χ0v) is 11.3. The molecular weight excluding hydrogens is 242 g/mol. The Balaban J connectivity index is 1.78. The molecule has 0 radical (unpaired) electrons. The molecule has 1 saturated heterocycles. The molecule has 0 saturated carbocycles. The molecule has 4 heteroatoms. The van der Waals surface area contributed by atoms with Crippen molar-refractivity contribution in [2.75, 3.05) is 11.9 Å². The van der Waals surface area contributed by atoms with Gasteiger partial charge in [-0.2, -0.15) is 0 Å². The SMILES string of the molecule is CCCc1ccc(NCC2CCC(C(=O)O)O2)cc1. The zero-order chi connectivity index (χ0) is 13.7. The molecule has 1 aromatic carbocycles. The fourth-order valence-electron chi connectivity index (χ4n) is 2.35. The fourth-order valence-corrected chi connectivity index (χ4v) is 2.35. The Labute approximate surface area is 113 Å². The Kier molecular flexibility index (Phi) is 4.80. The normalized spacial score (nSPS) is 22.4. The van der Waals surface area contributed by atoms with Crippen LogP contribution in [0.15, 0.2) is 24.3 Å². The molecule has 1 fully saturated rings. The molecule has 0 aliphatic carbocycles. The number of hydrogen-bond donors (Lipinski definition) is 2. The van der Waals surface area contributed by atoms with E-state index in [0.29, 0.717) is 13.0 Å². The fraction of sp³-hybridized carbons (Fsp3) is 0.533. The van der Waals surface area contributed by atoms with Gasteiger partial charge in [-0.05, 0) is 37.0 Å². The molecule has 1 heterocycles. The molecule has 2 rings (SSSR count). The van der Waals surface area contributed by atoms with Gasteiger partial charge >= 0.3 is 5.97 Å². The average Bonchev–Trinajstić information content (AvgIpc) is 2.87. The molecule has 0 aromatic heterocycles. The van der Waals surface area contributed by atoms with E-state index >= 15 is 0 Å². The number of carbonyl (C=O) groups is 1. The van der Waals surface area contributed by atoms with Crippen molar-refractivity contribution < 1.29 is 14.6 Å². The number of benzene rings is 1. The van der Waals surface area contributed by atoms with Gasteiger partial charge in [0.2, 0.25) is 0 Å². The summed E-state index contributed by atoms with van der Waals surface area (Å²) in [6, 6.07) is 8.38. The average molecular weight is 263 g/mol. The third-order valence-corrected chi connectivity index (χ3v) is 3.41. The maximum Gasteiger partial charge on any atom is 0.332 e. The summed E-state index contributed by atoms with van der Waals surface area (Å²) < 4.78 is 5.44. The molecular formula is C15H21NO3. The van der Waals surface area contributed by atoms with Gasteiger partial charge in [0.05, 0.1) is 6.10 Å². The van der Waals surface area contributed by atoms with Crippen LogP contribution in [-0.2, 0) is 16.0 Å². The van der Waals surface area contributed by atoms with Gasteiger partial charge in [0, 0.05) is 12.2 Å². The maximum atomic E-state index is 10.8. The molecule has 2 N–H and O–H groups in total. The lowest BCUT2D eigenvalue weighted by atomic mass is 10.1. The lowest BCUT2D eigenvalue weighted by Crippen LogP contribution is -2.24. The second-order valence-electron chi connectivity index (χ2n) is 4.99. The molecule has 2 atom stereocenters. The van der Waals surface area contributed by atoms with Crippen molar-refractivity contribution in [3.05, 3.63) is 29.8 Å². The highest BCUT2D eigenvalue weighted by Gasteiger charge is 2.30. The van der Waals surface area contributed by atoms with Crippen molar-refractivity contribution in [2.24, 2.45) is 0 Å². The van der Waals surface area contributed by atoms with Crippen molar-refractivity contribution in [1.82, 2.24) is 0 Å². The van der Waals surface area contributed by atoms with Crippen LogP contribution in [0.4, 0.5) is 5.69 Å². The molecule has 1 aromatic rings. The minimum absolute atomic E-state index is 0.00332. The molecule has 0 amide bonds. The van der Waals surface area contributed by atoms with Crippen LogP contribution in [0.5, 0.6) is 0 Å². The van der Waals surface area contributed by atoms with Gasteiger partial charge < -0.3 is 15.2 Å². The molecule has 19 heavy (non-hydrogen) atoms. The second-order valence-corrected chi connectivity index (χ2v) is 4.99.